The molecule has 2 saturated carbocycles. The lowest BCUT2D eigenvalue weighted by atomic mass is 9.82. The average molecular weight is 393 g/mol. The number of hydrogen-bond acceptors (Lipinski definition) is 3. The first-order valence-corrected chi connectivity index (χ1v) is 11.6. The summed E-state index contributed by atoms with van der Waals surface area (Å²) in [5.41, 5.74) is 3.30. The van der Waals surface area contributed by atoms with E-state index in [1.165, 1.54) is 50.5 Å². The number of rotatable bonds is 3. The van der Waals surface area contributed by atoms with Gasteiger partial charge in [0.05, 0.1) is 18.7 Å². The van der Waals surface area contributed by atoms with Gasteiger partial charge in [-0.1, -0.05) is 31.1 Å². The fraction of sp³-hybridized carbons (Fsp3) is 0.640. The van der Waals surface area contributed by atoms with Gasteiger partial charge in [-0.3, -0.25) is 4.79 Å². The summed E-state index contributed by atoms with van der Waals surface area (Å²) >= 11 is 0. The second-order valence-electron chi connectivity index (χ2n) is 9.47. The Morgan fingerprint density at radius 2 is 1.97 bits per heavy atom. The van der Waals surface area contributed by atoms with Gasteiger partial charge in [-0.2, -0.15) is 0 Å². The molecule has 1 amide bonds. The Labute approximate surface area is 174 Å². The van der Waals surface area contributed by atoms with Crippen molar-refractivity contribution in [3.8, 4) is 11.8 Å². The molecule has 2 aliphatic heterocycles. The smallest absolute Gasteiger partial charge is 0.223 e. The van der Waals surface area contributed by atoms with Crippen molar-refractivity contribution < 1.29 is 9.90 Å². The van der Waals surface area contributed by atoms with E-state index in [0.717, 1.165) is 24.2 Å². The van der Waals surface area contributed by atoms with Crippen LogP contribution in [0.5, 0.6) is 0 Å². The van der Waals surface area contributed by atoms with Gasteiger partial charge < -0.3 is 15.3 Å². The maximum absolute atomic E-state index is 13.0. The van der Waals surface area contributed by atoms with Gasteiger partial charge in [0.1, 0.15) is 0 Å². The quantitative estimate of drug-likeness (QED) is 0.762. The van der Waals surface area contributed by atoms with Crippen LogP contribution in [0.3, 0.4) is 0 Å². The number of hydrogen-bond donors (Lipinski definition) is 2. The van der Waals surface area contributed by atoms with Crippen LogP contribution < -0.4 is 5.32 Å². The molecular weight excluding hydrogens is 360 g/mol. The Bertz CT molecular complexity index is 829. The highest BCUT2D eigenvalue weighted by molar-refractivity contribution is 5.78. The van der Waals surface area contributed by atoms with Gasteiger partial charge in [-0.25, -0.2) is 0 Å². The zero-order valence-corrected chi connectivity index (χ0v) is 17.2. The molecule has 5 rings (SSSR count). The highest BCUT2D eigenvalue weighted by Crippen LogP contribution is 2.47. The number of nitrogens with one attached hydrogen (secondary N) is 1. The summed E-state index contributed by atoms with van der Waals surface area (Å²) in [7, 11) is 0. The van der Waals surface area contributed by atoms with Gasteiger partial charge >= 0.3 is 0 Å². The van der Waals surface area contributed by atoms with Crippen molar-refractivity contribution in [1.29, 1.82) is 0 Å². The molecule has 0 aromatic heterocycles. The third kappa shape index (κ3) is 3.90. The number of likely N-dealkylation sites (tertiary alicyclic amines) is 1. The first kappa shape index (κ1) is 19.0. The molecule has 0 spiro atoms. The van der Waals surface area contributed by atoms with Crippen LogP contribution in [0.4, 0.5) is 5.69 Å². The molecule has 154 valence electrons. The molecule has 4 aliphatic rings. The first-order chi connectivity index (χ1) is 14.2. The zero-order chi connectivity index (χ0) is 19.8. The number of aliphatic hydroxyl groups excluding tert-OH is 1. The van der Waals surface area contributed by atoms with Crippen LogP contribution in [0, 0.1) is 29.6 Å². The standard InChI is InChI=1S/C25H32N2O2/c28-16-23-20-12-13-27(24(29)15-19-8-9-19)25(20)21-14-18(10-11-22(21)26-23)7-6-17-4-2-1-3-5-17/h10-11,14,17,19-20,23,25-26,28H,1-5,8-9,12-13,15-16H2/t20-,23+,25-/m1/s1. The Hall–Kier alpha value is -1.99. The Kier molecular flexibility index (Phi) is 5.26. The van der Waals surface area contributed by atoms with Gasteiger partial charge in [-0.05, 0) is 61.8 Å². The van der Waals surface area contributed by atoms with Gasteiger partial charge in [0, 0.05) is 36.1 Å². The summed E-state index contributed by atoms with van der Waals surface area (Å²) in [6.45, 7) is 0.908. The Morgan fingerprint density at radius 1 is 1.14 bits per heavy atom. The fourth-order valence-corrected chi connectivity index (χ4v) is 5.54. The molecule has 2 aliphatic carbocycles. The molecule has 4 nitrogen and oxygen atoms in total. The maximum atomic E-state index is 13.0. The molecule has 0 radical (unpaired) electrons. The summed E-state index contributed by atoms with van der Waals surface area (Å²) in [4.78, 5) is 15.1. The molecule has 2 N–H and O–H groups in total. The van der Waals surface area contributed by atoms with Crippen LogP contribution >= 0.6 is 0 Å². The van der Waals surface area contributed by atoms with Crippen molar-refractivity contribution in [2.75, 3.05) is 18.5 Å². The van der Waals surface area contributed by atoms with Crippen molar-refractivity contribution in [1.82, 2.24) is 4.90 Å². The highest BCUT2D eigenvalue weighted by atomic mass is 16.3. The SMILES string of the molecule is O=C(CC1CC1)N1CC[C@@H]2[C@H](CO)Nc3ccc(C#CC4CCCCC4)cc3[C@@H]21. The van der Waals surface area contributed by atoms with E-state index in [-0.39, 0.29) is 24.6 Å². The van der Waals surface area contributed by atoms with Crippen LogP contribution in [-0.2, 0) is 4.79 Å². The molecule has 1 aromatic rings. The molecule has 2 heterocycles. The normalized spacial score (nSPS) is 28.7. The van der Waals surface area contributed by atoms with Crippen LogP contribution in [0.15, 0.2) is 18.2 Å². The van der Waals surface area contributed by atoms with E-state index in [1.54, 1.807) is 0 Å². The van der Waals surface area contributed by atoms with Crippen LogP contribution in [-0.4, -0.2) is 35.1 Å². The lowest BCUT2D eigenvalue weighted by Gasteiger charge is -2.39. The third-order valence-corrected chi connectivity index (χ3v) is 7.38. The van der Waals surface area contributed by atoms with Gasteiger partial charge in [0.2, 0.25) is 5.91 Å². The number of amides is 1. The largest absolute Gasteiger partial charge is 0.394 e. The van der Waals surface area contributed by atoms with E-state index in [4.69, 9.17) is 0 Å². The van der Waals surface area contributed by atoms with Crippen molar-refractivity contribution >= 4 is 11.6 Å². The highest BCUT2D eigenvalue weighted by Gasteiger charge is 2.46. The van der Waals surface area contributed by atoms with Crippen molar-refractivity contribution in [2.24, 2.45) is 17.8 Å². The van der Waals surface area contributed by atoms with Gasteiger partial charge in [0.15, 0.2) is 0 Å². The first-order valence-electron chi connectivity index (χ1n) is 11.6. The third-order valence-electron chi connectivity index (χ3n) is 7.38. The maximum Gasteiger partial charge on any atom is 0.223 e. The molecule has 29 heavy (non-hydrogen) atoms. The summed E-state index contributed by atoms with van der Waals surface area (Å²) in [5, 5.41) is 13.5. The van der Waals surface area contributed by atoms with Gasteiger partial charge in [-0.15, -0.1) is 0 Å². The topological polar surface area (TPSA) is 52.6 Å². The zero-order valence-electron chi connectivity index (χ0n) is 17.2. The molecule has 0 unspecified atom stereocenters. The molecule has 1 saturated heterocycles. The van der Waals surface area contributed by atoms with Crippen molar-refractivity contribution in [3.63, 3.8) is 0 Å². The molecule has 3 fully saturated rings. The second-order valence-corrected chi connectivity index (χ2v) is 9.47. The van der Waals surface area contributed by atoms with Gasteiger partial charge in [0.25, 0.3) is 0 Å². The fourth-order valence-electron chi connectivity index (χ4n) is 5.54. The average Bonchev–Trinajstić information content (AvgIpc) is 3.45. The predicted octanol–water partition coefficient (Wildman–Crippen LogP) is 4.09. The minimum absolute atomic E-state index is 0.0189. The summed E-state index contributed by atoms with van der Waals surface area (Å²) in [6.07, 6.45) is 10.5. The second kappa shape index (κ2) is 8.03. The number of carbonyl (C=O) groups excluding carboxylic acids is 1. The number of nitrogens with zero attached hydrogens (tertiary/aromatic N) is 1. The van der Waals surface area contributed by atoms with E-state index in [0.29, 0.717) is 24.2 Å². The van der Waals surface area contributed by atoms with Crippen LogP contribution in [0.2, 0.25) is 0 Å². The van der Waals surface area contributed by atoms with E-state index in [1.807, 2.05) is 0 Å². The lowest BCUT2D eigenvalue weighted by Crippen LogP contribution is -2.43. The minimum atomic E-state index is 0.0189. The number of aliphatic hydroxyl groups is 1. The number of benzene rings is 1. The van der Waals surface area contributed by atoms with Crippen LogP contribution in [0.1, 0.15) is 75.0 Å². The summed E-state index contributed by atoms with van der Waals surface area (Å²) < 4.78 is 0. The van der Waals surface area contributed by atoms with E-state index < -0.39 is 0 Å². The van der Waals surface area contributed by atoms with E-state index in [9.17, 15) is 9.90 Å². The summed E-state index contributed by atoms with van der Waals surface area (Å²) in [6, 6.07) is 6.48. The lowest BCUT2D eigenvalue weighted by molar-refractivity contribution is -0.133. The molecule has 4 heteroatoms. The van der Waals surface area contributed by atoms with E-state index >= 15 is 0 Å². The number of fused-ring (bicyclic) bond motifs is 3. The molecule has 3 atom stereocenters. The predicted molar refractivity (Wildman–Crippen MR) is 114 cm³/mol. The van der Waals surface area contributed by atoms with Crippen molar-refractivity contribution in [2.45, 2.75) is 69.9 Å². The molecule has 0 bridgehead atoms. The van der Waals surface area contributed by atoms with Crippen LogP contribution in [0.25, 0.3) is 0 Å². The minimum Gasteiger partial charge on any atom is -0.394 e. The molecule has 1 aromatic carbocycles. The summed E-state index contributed by atoms with van der Waals surface area (Å²) in [5.74, 6) is 8.63. The number of anilines is 1. The monoisotopic (exact) mass is 392 g/mol. The molecular formula is C25H32N2O2. The van der Waals surface area contributed by atoms with E-state index in [2.05, 4.69) is 40.3 Å². The number of carbonyl (C=O) groups is 1. The Balaban J connectivity index is 1.43. The van der Waals surface area contributed by atoms with Crippen molar-refractivity contribution in [3.05, 3.63) is 29.3 Å². The Morgan fingerprint density at radius 3 is 2.72 bits per heavy atom.